The summed E-state index contributed by atoms with van der Waals surface area (Å²) >= 11 is 0. The van der Waals surface area contributed by atoms with Crippen molar-refractivity contribution in [1.82, 2.24) is 9.78 Å². The number of rotatable bonds is 3. The van der Waals surface area contributed by atoms with E-state index in [-0.39, 0.29) is 18.7 Å². The maximum absolute atomic E-state index is 12.1. The van der Waals surface area contributed by atoms with Crippen LogP contribution in [-0.4, -0.2) is 22.5 Å². The van der Waals surface area contributed by atoms with Crippen LogP contribution in [0.2, 0.25) is 0 Å². The molecule has 2 heterocycles. The van der Waals surface area contributed by atoms with E-state index in [2.05, 4.69) is 10.4 Å². The van der Waals surface area contributed by atoms with Gasteiger partial charge in [-0.1, -0.05) is 0 Å². The molecule has 0 aliphatic carbocycles. The molecule has 0 saturated carbocycles. The van der Waals surface area contributed by atoms with Crippen LogP contribution in [0.5, 0.6) is 11.5 Å². The van der Waals surface area contributed by atoms with Crippen LogP contribution in [0.4, 0.5) is 5.69 Å². The van der Waals surface area contributed by atoms with Gasteiger partial charge in [0.1, 0.15) is 6.04 Å². The number of fused-ring (bicyclic) bond motifs is 1. The number of ether oxygens (including phenoxy) is 2. The highest BCUT2D eigenvalue weighted by Gasteiger charge is 2.17. The van der Waals surface area contributed by atoms with Crippen molar-refractivity contribution in [2.24, 2.45) is 0 Å². The third kappa shape index (κ3) is 2.24. The van der Waals surface area contributed by atoms with Crippen molar-refractivity contribution in [2.75, 3.05) is 12.1 Å². The third-order valence-electron chi connectivity index (χ3n) is 2.94. The monoisotopic (exact) mass is 259 g/mol. The quantitative estimate of drug-likeness (QED) is 0.913. The first kappa shape index (κ1) is 11.6. The second-order valence-corrected chi connectivity index (χ2v) is 4.22. The van der Waals surface area contributed by atoms with Gasteiger partial charge in [0, 0.05) is 24.1 Å². The molecule has 1 atom stereocenters. The maximum atomic E-state index is 12.1. The Kier molecular flexibility index (Phi) is 2.83. The highest BCUT2D eigenvalue weighted by Crippen LogP contribution is 2.34. The summed E-state index contributed by atoms with van der Waals surface area (Å²) in [4.78, 5) is 12.1. The summed E-state index contributed by atoms with van der Waals surface area (Å²) in [6, 6.07) is 6.71. The second kappa shape index (κ2) is 4.64. The summed E-state index contributed by atoms with van der Waals surface area (Å²) in [5, 5.41) is 6.87. The van der Waals surface area contributed by atoms with Crippen LogP contribution in [0.1, 0.15) is 13.0 Å². The minimum absolute atomic E-state index is 0.137. The molecule has 1 aromatic carbocycles. The van der Waals surface area contributed by atoms with E-state index in [1.165, 1.54) is 0 Å². The molecule has 6 heteroatoms. The number of carbonyl (C=O) groups excluding carboxylic acids is 1. The molecule has 0 fully saturated rings. The number of nitrogens with one attached hydrogen (secondary N) is 1. The van der Waals surface area contributed by atoms with Crippen molar-refractivity contribution in [3.63, 3.8) is 0 Å². The van der Waals surface area contributed by atoms with Crippen molar-refractivity contribution >= 4 is 11.6 Å². The molecule has 1 unspecified atom stereocenters. The van der Waals surface area contributed by atoms with Crippen molar-refractivity contribution in [3.8, 4) is 11.5 Å². The van der Waals surface area contributed by atoms with E-state index in [4.69, 9.17) is 9.47 Å². The third-order valence-corrected chi connectivity index (χ3v) is 2.94. The largest absolute Gasteiger partial charge is 0.454 e. The molecule has 2 aromatic rings. The molecule has 19 heavy (non-hydrogen) atoms. The van der Waals surface area contributed by atoms with Crippen molar-refractivity contribution in [1.29, 1.82) is 0 Å². The number of aromatic nitrogens is 2. The van der Waals surface area contributed by atoms with Crippen LogP contribution in [-0.2, 0) is 4.79 Å². The lowest BCUT2D eigenvalue weighted by Crippen LogP contribution is -2.23. The smallest absolute Gasteiger partial charge is 0.248 e. The van der Waals surface area contributed by atoms with E-state index in [0.29, 0.717) is 17.2 Å². The van der Waals surface area contributed by atoms with E-state index in [9.17, 15) is 4.79 Å². The maximum Gasteiger partial charge on any atom is 0.248 e. The average molecular weight is 259 g/mol. The van der Waals surface area contributed by atoms with Gasteiger partial charge in [0.2, 0.25) is 12.7 Å². The summed E-state index contributed by atoms with van der Waals surface area (Å²) in [7, 11) is 0. The van der Waals surface area contributed by atoms with Gasteiger partial charge in [-0.2, -0.15) is 5.10 Å². The summed E-state index contributed by atoms with van der Waals surface area (Å²) in [5.41, 5.74) is 0.674. The van der Waals surface area contributed by atoms with Crippen molar-refractivity contribution < 1.29 is 14.3 Å². The zero-order valence-electron chi connectivity index (χ0n) is 10.4. The lowest BCUT2D eigenvalue weighted by atomic mass is 10.2. The normalized spacial score (nSPS) is 14.2. The number of amides is 1. The fraction of sp³-hybridized carbons (Fsp3) is 0.231. The van der Waals surface area contributed by atoms with Crippen molar-refractivity contribution in [3.05, 3.63) is 36.7 Å². The van der Waals surface area contributed by atoms with Crippen LogP contribution in [0.3, 0.4) is 0 Å². The molecule has 0 bridgehead atoms. The van der Waals surface area contributed by atoms with E-state index >= 15 is 0 Å². The highest BCUT2D eigenvalue weighted by molar-refractivity contribution is 5.93. The first-order chi connectivity index (χ1) is 9.24. The minimum Gasteiger partial charge on any atom is -0.454 e. The highest BCUT2D eigenvalue weighted by atomic mass is 16.7. The zero-order chi connectivity index (χ0) is 13.2. The molecule has 6 nitrogen and oxygen atoms in total. The Bertz CT molecular complexity index is 595. The number of nitrogens with zero attached hydrogens (tertiary/aromatic N) is 2. The van der Waals surface area contributed by atoms with Crippen LogP contribution >= 0.6 is 0 Å². The number of hydrogen-bond donors (Lipinski definition) is 1. The Morgan fingerprint density at radius 1 is 1.42 bits per heavy atom. The van der Waals surface area contributed by atoms with Gasteiger partial charge in [0.25, 0.3) is 0 Å². The first-order valence-electron chi connectivity index (χ1n) is 5.94. The van der Waals surface area contributed by atoms with E-state index in [1.807, 2.05) is 0 Å². The molecular weight excluding hydrogens is 246 g/mol. The van der Waals surface area contributed by atoms with Gasteiger partial charge in [-0.25, -0.2) is 0 Å². The molecule has 1 aromatic heterocycles. The summed E-state index contributed by atoms with van der Waals surface area (Å²) in [5.74, 6) is 1.20. The molecule has 0 spiro atoms. The summed E-state index contributed by atoms with van der Waals surface area (Å²) in [6.45, 7) is 2.01. The topological polar surface area (TPSA) is 65.4 Å². The molecule has 1 aliphatic heterocycles. The number of carbonyl (C=O) groups is 1. The predicted molar refractivity (Wildman–Crippen MR) is 68.1 cm³/mol. The summed E-state index contributed by atoms with van der Waals surface area (Å²) < 4.78 is 12.1. The van der Waals surface area contributed by atoms with Gasteiger partial charge in [0.05, 0.1) is 0 Å². The Morgan fingerprint density at radius 2 is 2.26 bits per heavy atom. The summed E-state index contributed by atoms with van der Waals surface area (Å²) in [6.07, 6.45) is 3.40. The average Bonchev–Trinajstić information content (AvgIpc) is 3.08. The van der Waals surface area contributed by atoms with Crippen LogP contribution < -0.4 is 14.8 Å². The molecule has 0 radical (unpaired) electrons. The first-order valence-corrected chi connectivity index (χ1v) is 5.94. The molecule has 98 valence electrons. The van der Waals surface area contributed by atoms with Gasteiger partial charge < -0.3 is 14.8 Å². The Balaban J connectivity index is 1.73. The number of anilines is 1. The van der Waals surface area contributed by atoms with Gasteiger partial charge in [-0.3, -0.25) is 9.48 Å². The second-order valence-electron chi connectivity index (χ2n) is 4.22. The van der Waals surface area contributed by atoms with Crippen molar-refractivity contribution in [2.45, 2.75) is 13.0 Å². The molecular formula is C13H13N3O3. The minimum atomic E-state index is -0.375. The molecule has 1 aliphatic rings. The molecule has 1 N–H and O–H groups in total. The number of hydrogen-bond acceptors (Lipinski definition) is 4. The lowest BCUT2D eigenvalue weighted by Gasteiger charge is -2.12. The molecule has 1 amide bonds. The zero-order valence-corrected chi connectivity index (χ0v) is 10.4. The fourth-order valence-corrected chi connectivity index (χ4v) is 1.85. The van der Waals surface area contributed by atoms with Gasteiger partial charge in [-0.15, -0.1) is 0 Å². The van der Waals surface area contributed by atoms with E-state index < -0.39 is 0 Å². The van der Waals surface area contributed by atoms with Crippen LogP contribution in [0.25, 0.3) is 0 Å². The molecule has 3 rings (SSSR count). The standard InChI is InChI=1S/C13H13N3O3/c1-9(16-6-2-5-14-16)13(17)15-10-3-4-11-12(7-10)19-8-18-11/h2-7,9H,8H2,1H3,(H,15,17). The Labute approximate surface area is 109 Å². The Hall–Kier alpha value is -2.50. The van der Waals surface area contributed by atoms with Gasteiger partial charge in [0.15, 0.2) is 11.5 Å². The Morgan fingerprint density at radius 3 is 3.05 bits per heavy atom. The van der Waals surface area contributed by atoms with Gasteiger partial charge in [-0.05, 0) is 25.1 Å². The fourth-order valence-electron chi connectivity index (χ4n) is 1.85. The lowest BCUT2D eigenvalue weighted by molar-refractivity contribution is -0.119. The SMILES string of the molecule is CC(C(=O)Nc1ccc2c(c1)OCO2)n1cccn1. The predicted octanol–water partition coefficient (Wildman–Crippen LogP) is 1.81. The van der Waals surface area contributed by atoms with Crippen LogP contribution in [0, 0.1) is 0 Å². The number of benzene rings is 1. The van der Waals surface area contributed by atoms with E-state index in [1.54, 1.807) is 48.3 Å². The molecule has 0 saturated heterocycles. The van der Waals surface area contributed by atoms with Crippen LogP contribution in [0.15, 0.2) is 36.7 Å². The van der Waals surface area contributed by atoms with Gasteiger partial charge >= 0.3 is 0 Å². The van der Waals surface area contributed by atoms with E-state index in [0.717, 1.165) is 0 Å².